The number of nitrogens with zero attached hydrogens (tertiary/aromatic N) is 1. The molecule has 0 saturated heterocycles. The number of rotatable bonds is 5. The smallest absolute Gasteiger partial charge is 0.356 e. The van der Waals surface area contributed by atoms with E-state index in [1.807, 2.05) is 6.92 Å². The largest absolute Gasteiger partial charge is 0.416 e. The van der Waals surface area contributed by atoms with Gasteiger partial charge in [0.25, 0.3) is 0 Å². The summed E-state index contributed by atoms with van der Waals surface area (Å²) in [5, 5.41) is 7.62. The first-order valence-corrected chi connectivity index (χ1v) is 7.42. The van der Waals surface area contributed by atoms with Gasteiger partial charge >= 0.3 is 6.18 Å². The van der Waals surface area contributed by atoms with Crippen molar-refractivity contribution in [3.8, 4) is 0 Å². The molecule has 0 aliphatic rings. The van der Waals surface area contributed by atoms with Gasteiger partial charge in [-0.2, -0.15) is 13.2 Å². The van der Waals surface area contributed by atoms with Crippen LogP contribution in [0, 0.1) is 0 Å². The van der Waals surface area contributed by atoms with Crippen LogP contribution in [0.2, 0.25) is 0 Å². The Bertz CT molecular complexity index is 655. The zero-order valence-corrected chi connectivity index (χ0v) is 12.5. The minimum absolute atomic E-state index is 0.140. The Morgan fingerprint density at radius 2 is 2.14 bits per heavy atom. The van der Waals surface area contributed by atoms with Crippen molar-refractivity contribution in [3.05, 3.63) is 40.9 Å². The lowest BCUT2D eigenvalue weighted by Gasteiger charge is -2.08. The number of anilines is 2. The lowest BCUT2D eigenvalue weighted by molar-refractivity contribution is -0.137. The monoisotopic (exact) mass is 329 g/mol. The molecule has 0 fully saturated rings. The van der Waals surface area contributed by atoms with Crippen molar-refractivity contribution in [1.29, 1.82) is 0 Å². The Morgan fingerprint density at radius 3 is 2.82 bits per heavy atom. The summed E-state index contributed by atoms with van der Waals surface area (Å²) in [6.45, 7) is 2.36. The second-order valence-electron chi connectivity index (χ2n) is 4.48. The van der Waals surface area contributed by atoms with Crippen molar-refractivity contribution in [2.45, 2.75) is 19.5 Å². The van der Waals surface area contributed by atoms with Gasteiger partial charge < -0.3 is 10.6 Å². The van der Waals surface area contributed by atoms with Crippen LogP contribution in [0.5, 0.6) is 0 Å². The maximum atomic E-state index is 12.6. The van der Waals surface area contributed by atoms with E-state index in [4.69, 9.17) is 0 Å². The Balaban J connectivity index is 2.06. The highest BCUT2D eigenvalue weighted by atomic mass is 32.1. The van der Waals surface area contributed by atoms with Gasteiger partial charge in [0, 0.05) is 17.6 Å². The van der Waals surface area contributed by atoms with Crippen LogP contribution in [-0.4, -0.2) is 17.4 Å². The molecule has 2 N–H and O–H groups in total. The summed E-state index contributed by atoms with van der Waals surface area (Å²) in [5.74, 6) is -0.140. The van der Waals surface area contributed by atoms with Crippen LogP contribution in [-0.2, 0) is 17.4 Å². The highest BCUT2D eigenvalue weighted by Gasteiger charge is 2.30. The van der Waals surface area contributed by atoms with Crippen LogP contribution < -0.4 is 10.6 Å². The fourth-order valence-electron chi connectivity index (χ4n) is 1.77. The van der Waals surface area contributed by atoms with E-state index >= 15 is 0 Å². The molecule has 0 bridgehead atoms. The number of halogens is 3. The van der Waals surface area contributed by atoms with Gasteiger partial charge in [0.1, 0.15) is 0 Å². The zero-order valence-electron chi connectivity index (χ0n) is 11.7. The second-order valence-corrected chi connectivity index (χ2v) is 5.34. The third-order valence-corrected chi connectivity index (χ3v) is 3.52. The Morgan fingerprint density at radius 1 is 1.36 bits per heavy atom. The number of nitrogens with one attached hydrogen (secondary N) is 2. The van der Waals surface area contributed by atoms with Gasteiger partial charge in [0.2, 0.25) is 5.91 Å². The maximum Gasteiger partial charge on any atom is 0.416 e. The number of thiazole rings is 1. The second kappa shape index (κ2) is 6.78. The van der Waals surface area contributed by atoms with E-state index in [1.165, 1.54) is 23.5 Å². The number of carbonyl (C=O) groups is 1. The van der Waals surface area contributed by atoms with Crippen molar-refractivity contribution in [2.75, 3.05) is 11.9 Å². The van der Waals surface area contributed by atoms with E-state index < -0.39 is 11.7 Å². The van der Waals surface area contributed by atoms with Gasteiger partial charge in [0.05, 0.1) is 17.7 Å². The number of hydrogen-bond acceptors (Lipinski definition) is 4. The highest BCUT2D eigenvalue weighted by molar-refractivity contribution is 7.13. The predicted octanol–water partition coefficient (Wildman–Crippen LogP) is 3.58. The van der Waals surface area contributed by atoms with E-state index in [2.05, 4.69) is 15.6 Å². The molecule has 0 atom stereocenters. The van der Waals surface area contributed by atoms with Gasteiger partial charge in [0.15, 0.2) is 5.13 Å². The molecular formula is C14H14F3N3OS. The molecule has 8 heteroatoms. The van der Waals surface area contributed by atoms with Crippen LogP contribution >= 0.6 is 11.3 Å². The molecule has 1 aromatic carbocycles. The standard InChI is InChI=1S/C14H14F3N3OS/c1-2-18-12(21)7-11-8-22-13(20-11)19-10-5-3-4-9(6-10)14(15,16)17/h3-6,8H,2,7H2,1H3,(H,18,21)(H,19,20). The first-order chi connectivity index (χ1) is 10.4. The van der Waals surface area contributed by atoms with Gasteiger partial charge in [-0.15, -0.1) is 11.3 Å². The Kier molecular flexibility index (Phi) is 5.02. The number of hydrogen-bond donors (Lipinski definition) is 2. The van der Waals surface area contributed by atoms with Crippen molar-refractivity contribution in [2.24, 2.45) is 0 Å². The van der Waals surface area contributed by atoms with Crippen molar-refractivity contribution < 1.29 is 18.0 Å². The van der Waals surface area contributed by atoms with E-state index in [0.29, 0.717) is 23.1 Å². The van der Waals surface area contributed by atoms with Crippen LogP contribution in [0.15, 0.2) is 29.6 Å². The molecule has 0 saturated carbocycles. The quantitative estimate of drug-likeness (QED) is 0.881. The first-order valence-electron chi connectivity index (χ1n) is 6.54. The molecule has 1 heterocycles. The molecular weight excluding hydrogens is 315 g/mol. The van der Waals surface area contributed by atoms with Crippen molar-refractivity contribution >= 4 is 28.1 Å². The van der Waals surface area contributed by atoms with Crippen LogP contribution in [0.4, 0.5) is 24.0 Å². The van der Waals surface area contributed by atoms with E-state index in [0.717, 1.165) is 12.1 Å². The molecule has 4 nitrogen and oxygen atoms in total. The summed E-state index contributed by atoms with van der Waals surface area (Å²) >= 11 is 1.23. The maximum absolute atomic E-state index is 12.6. The lowest BCUT2D eigenvalue weighted by Crippen LogP contribution is -2.24. The highest BCUT2D eigenvalue weighted by Crippen LogP contribution is 2.31. The molecule has 118 valence electrons. The summed E-state index contributed by atoms with van der Waals surface area (Å²) in [5.41, 5.74) is 0.149. The summed E-state index contributed by atoms with van der Waals surface area (Å²) in [6, 6.07) is 4.88. The van der Waals surface area contributed by atoms with E-state index in [1.54, 1.807) is 5.38 Å². The van der Waals surface area contributed by atoms with E-state index in [-0.39, 0.29) is 12.3 Å². The van der Waals surface area contributed by atoms with Crippen LogP contribution in [0.25, 0.3) is 0 Å². The minimum atomic E-state index is -4.38. The number of aromatic nitrogens is 1. The number of likely N-dealkylation sites (N-methyl/N-ethyl adjacent to an activating group) is 1. The third-order valence-electron chi connectivity index (χ3n) is 2.71. The van der Waals surface area contributed by atoms with E-state index in [9.17, 15) is 18.0 Å². The predicted molar refractivity (Wildman–Crippen MR) is 79.2 cm³/mol. The van der Waals surface area contributed by atoms with Gasteiger partial charge in [-0.1, -0.05) is 6.07 Å². The average molecular weight is 329 g/mol. The number of carbonyl (C=O) groups excluding carboxylic acids is 1. The lowest BCUT2D eigenvalue weighted by atomic mass is 10.2. The molecule has 0 radical (unpaired) electrons. The fraction of sp³-hybridized carbons (Fsp3) is 0.286. The minimum Gasteiger partial charge on any atom is -0.356 e. The van der Waals surface area contributed by atoms with Gasteiger partial charge in [-0.25, -0.2) is 4.98 Å². The molecule has 0 aliphatic carbocycles. The molecule has 1 amide bonds. The van der Waals surface area contributed by atoms with Crippen molar-refractivity contribution in [1.82, 2.24) is 10.3 Å². The van der Waals surface area contributed by atoms with Crippen LogP contribution in [0.3, 0.4) is 0 Å². The summed E-state index contributed by atoms with van der Waals surface area (Å²) < 4.78 is 37.9. The topological polar surface area (TPSA) is 54.0 Å². The molecule has 2 rings (SSSR count). The summed E-state index contributed by atoms with van der Waals surface area (Å²) in [7, 11) is 0. The number of amides is 1. The average Bonchev–Trinajstić information content (AvgIpc) is 2.85. The molecule has 2 aromatic rings. The van der Waals surface area contributed by atoms with Crippen molar-refractivity contribution in [3.63, 3.8) is 0 Å². The fourth-order valence-corrected chi connectivity index (χ4v) is 2.50. The molecule has 22 heavy (non-hydrogen) atoms. The first kappa shape index (κ1) is 16.3. The molecule has 0 unspecified atom stereocenters. The van der Waals surface area contributed by atoms with Gasteiger partial charge in [-0.05, 0) is 25.1 Å². The van der Waals surface area contributed by atoms with Gasteiger partial charge in [-0.3, -0.25) is 4.79 Å². The molecule has 0 aliphatic heterocycles. The molecule has 1 aromatic heterocycles. The third kappa shape index (κ3) is 4.45. The zero-order chi connectivity index (χ0) is 16.2. The SMILES string of the molecule is CCNC(=O)Cc1csc(Nc2cccc(C(F)(F)F)c2)n1. The normalized spacial score (nSPS) is 11.3. The number of benzene rings is 1. The Hall–Kier alpha value is -2.09. The van der Waals surface area contributed by atoms with Crippen LogP contribution in [0.1, 0.15) is 18.2 Å². The summed E-state index contributed by atoms with van der Waals surface area (Å²) in [6.07, 6.45) is -4.24. The number of alkyl halides is 3. The molecule has 0 spiro atoms. The Labute approximate surface area is 129 Å². The summed E-state index contributed by atoms with van der Waals surface area (Å²) in [4.78, 5) is 15.6.